The highest BCUT2D eigenvalue weighted by molar-refractivity contribution is 4.98. The van der Waals surface area contributed by atoms with E-state index in [0.717, 1.165) is 76.3 Å². The van der Waals surface area contributed by atoms with Crippen molar-refractivity contribution in [3.63, 3.8) is 0 Å². The SMILES string of the molecule is C1OC1CN(CC1CO1)CC1CC2CC(CN(CC3CO3)CC3CO3)C1C2. The maximum Gasteiger partial charge on any atom is 0.0936 e. The van der Waals surface area contributed by atoms with E-state index in [9.17, 15) is 0 Å². The summed E-state index contributed by atoms with van der Waals surface area (Å²) >= 11 is 0. The molecule has 4 saturated heterocycles. The molecule has 2 saturated carbocycles. The molecule has 0 aromatic carbocycles. The third kappa shape index (κ3) is 4.68. The van der Waals surface area contributed by atoms with E-state index in [1.807, 2.05) is 0 Å². The van der Waals surface area contributed by atoms with Gasteiger partial charge in [-0.25, -0.2) is 0 Å². The van der Waals surface area contributed by atoms with Gasteiger partial charge >= 0.3 is 0 Å². The molecule has 6 heteroatoms. The van der Waals surface area contributed by atoms with Crippen LogP contribution in [0.1, 0.15) is 19.3 Å². The van der Waals surface area contributed by atoms with Crippen molar-refractivity contribution in [2.45, 2.75) is 43.7 Å². The zero-order chi connectivity index (χ0) is 17.8. The molecule has 6 unspecified atom stereocenters. The third-order valence-electron chi connectivity index (χ3n) is 7.53. The molecule has 0 N–H and O–H groups in total. The second-order valence-corrected chi connectivity index (χ2v) is 10.0. The minimum atomic E-state index is 0.491. The first-order chi connectivity index (χ1) is 13.3. The Morgan fingerprint density at radius 2 is 0.889 bits per heavy atom. The maximum atomic E-state index is 5.51. The van der Waals surface area contributed by atoms with Crippen LogP contribution in [0.25, 0.3) is 0 Å². The van der Waals surface area contributed by atoms with E-state index in [4.69, 9.17) is 18.9 Å². The van der Waals surface area contributed by atoms with Gasteiger partial charge in [-0.05, 0) is 42.9 Å². The normalized spacial score (nSPS) is 46.4. The van der Waals surface area contributed by atoms with Crippen LogP contribution < -0.4 is 0 Å². The highest BCUT2D eigenvalue weighted by Gasteiger charge is 2.47. The predicted octanol–water partition coefficient (Wildman–Crippen LogP) is 0.848. The first-order valence-corrected chi connectivity index (χ1v) is 11.2. The Kier molecular flexibility index (Phi) is 4.71. The molecule has 6 atom stereocenters. The fourth-order valence-electron chi connectivity index (χ4n) is 6.03. The van der Waals surface area contributed by atoms with Gasteiger partial charge in [0.25, 0.3) is 0 Å². The molecule has 0 aromatic heterocycles. The van der Waals surface area contributed by atoms with E-state index in [0.29, 0.717) is 24.4 Å². The number of ether oxygens (including phenoxy) is 4. The molecule has 0 radical (unpaired) electrons. The molecular formula is C21H34N2O4. The van der Waals surface area contributed by atoms with Crippen LogP contribution >= 0.6 is 0 Å². The number of epoxide rings is 4. The summed E-state index contributed by atoms with van der Waals surface area (Å²) < 4.78 is 22.1. The number of nitrogens with zero attached hydrogens (tertiary/aromatic N) is 2. The highest BCUT2D eigenvalue weighted by Crippen LogP contribution is 2.52. The molecule has 6 fully saturated rings. The summed E-state index contributed by atoms with van der Waals surface area (Å²) in [5.41, 5.74) is 0. The van der Waals surface area contributed by atoms with Gasteiger partial charge in [0, 0.05) is 39.3 Å². The minimum Gasteiger partial charge on any atom is -0.372 e. The molecule has 2 bridgehead atoms. The van der Waals surface area contributed by atoms with Gasteiger partial charge in [-0.15, -0.1) is 0 Å². The average Bonchev–Trinajstić information content (AvgIpc) is 3.44. The molecule has 0 amide bonds. The van der Waals surface area contributed by atoms with Gasteiger partial charge in [0.05, 0.1) is 50.8 Å². The van der Waals surface area contributed by atoms with Crippen molar-refractivity contribution >= 4 is 0 Å². The predicted molar refractivity (Wildman–Crippen MR) is 99.7 cm³/mol. The van der Waals surface area contributed by atoms with Crippen LogP contribution in [0.2, 0.25) is 0 Å². The number of rotatable bonds is 12. The second kappa shape index (κ2) is 7.22. The lowest BCUT2D eigenvalue weighted by molar-refractivity contribution is 0.111. The fourth-order valence-corrected chi connectivity index (χ4v) is 6.03. The second-order valence-electron chi connectivity index (χ2n) is 10.0. The van der Waals surface area contributed by atoms with Crippen molar-refractivity contribution in [2.75, 3.05) is 65.7 Å². The standard InChI is InChI=1S/C21H34N2O4/c1-14-2-16(5-23(8-19-12-26-19)9-20-13-27-20)21(3-14)15(1)4-22(6-17-10-24-17)7-18-11-25-18/h14-21H,1-13H2. The molecule has 4 heterocycles. The average molecular weight is 379 g/mol. The summed E-state index contributed by atoms with van der Waals surface area (Å²) in [5.74, 6) is 3.64. The summed E-state index contributed by atoms with van der Waals surface area (Å²) in [6.45, 7) is 10.8. The summed E-state index contributed by atoms with van der Waals surface area (Å²) in [5, 5.41) is 0. The van der Waals surface area contributed by atoms with E-state index >= 15 is 0 Å². The lowest BCUT2D eigenvalue weighted by atomic mass is 9.80. The quantitative estimate of drug-likeness (QED) is 0.469. The Bertz CT molecular complexity index is 460. The minimum absolute atomic E-state index is 0.491. The van der Waals surface area contributed by atoms with Gasteiger partial charge in [0.1, 0.15) is 0 Å². The third-order valence-corrected chi connectivity index (χ3v) is 7.53. The Morgan fingerprint density at radius 3 is 1.19 bits per heavy atom. The summed E-state index contributed by atoms with van der Waals surface area (Å²) in [7, 11) is 0. The van der Waals surface area contributed by atoms with Gasteiger partial charge < -0.3 is 18.9 Å². The molecule has 4 aliphatic heterocycles. The van der Waals surface area contributed by atoms with Crippen LogP contribution in [0.5, 0.6) is 0 Å². The van der Waals surface area contributed by atoms with E-state index in [2.05, 4.69) is 9.80 Å². The monoisotopic (exact) mass is 378 g/mol. The van der Waals surface area contributed by atoms with Crippen LogP contribution in [0.15, 0.2) is 0 Å². The maximum absolute atomic E-state index is 5.51. The Balaban J connectivity index is 1.05. The largest absolute Gasteiger partial charge is 0.372 e. The molecule has 27 heavy (non-hydrogen) atoms. The Hall–Kier alpha value is -0.240. The molecule has 0 aromatic rings. The lowest BCUT2D eigenvalue weighted by Gasteiger charge is -2.36. The summed E-state index contributed by atoms with van der Waals surface area (Å²) in [6.07, 6.45) is 6.34. The van der Waals surface area contributed by atoms with Crippen molar-refractivity contribution in [3.05, 3.63) is 0 Å². The number of hydrogen-bond donors (Lipinski definition) is 0. The molecule has 0 spiro atoms. The topological polar surface area (TPSA) is 56.6 Å². The van der Waals surface area contributed by atoms with Gasteiger partial charge in [0.2, 0.25) is 0 Å². The van der Waals surface area contributed by atoms with Crippen molar-refractivity contribution in [2.24, 2.45) is 23.7 Å². The number of fused-ring (bicyclic) bond motifs is 2. The van der Waals surface area contributed by atoms with E-state index in [1.54, 1.807) is 0 Å². The van der Waals surface area contributed by atoms with Crippen LogP contribution in [0, 0.1) is 23.7 Å². The molecule has 6 aliphatic rings. The molecule has 2 aliphatic carbocycles. The number of hydrogen-bond acceptors (Lipinski definition) is 6. The van der Waals surface area contributed by atoms with E-state index in [1.165, 1.54) is 32.4 Å². The van der Waals surface area contributed by atoms with Gasteiger partial charge in [-0.3, -0.25) is 9.80 Å². The smallest absolute Gasteiger partial charge is 0.0936 e. The van der Waals surface area contributed by atoms with Gasteiger partial charge in [-0.2, -0.15) is 0 Å². The molecule has 6 rings (SSSR count). The summed E-state index contributed by atoms with van der Waals surface area (Å²) in [6, 6.07) is 0. The van der Waals surface area contributed by atoms with Crippen LogP contribution in [0.4, 0.5) is 0 Å². The highest BCUT2D eigenvalue weighted by atomic mass is 16.6. The van der Waals surface area contributed by atoms with Crippen LogP contribution in [0.3, 0.4) is 0 Å². The molecular weight excluding hydrogens is 344 g/mol. The lowest BCUT2D eigenvalue weighted by Crippen LogP contribution is -2.42. The Labute approximate surface area is 162 Å². The molecule has 6 nitrogen and oxygen atoms in total. The first kappa shape index (κ1) is 17.6. The van der Waals surface area contributed by atoms with Gasteiger partial charge in [-0.1, -0.05) is 0 Å². The van der Waals surface area contributed by atoms with Crippen molar-refractivity contribution in [1.29, 1.82) is 0 Å². The zero-order valence-electron chi connectivity index (χ0n) is 16.3. The van der Waals surface area contributed by atoms with E-state index < -0.39 is 0 Å². The fraction of sp³-hybridized carbons (Fsp3) is 1.00. The van der Waals surface area contributed by atoms with Crippen molar-refractivity contribution < 1.29 is 18.9 Å². The van der Waals surface area contributed by atoms with Crippen LogP contribution in [-0.2, 0) is 18.9 Å². The Morgan fingerprint density at radius 1 is 0.519 bits per heavy atom. The molecule has 152 valence electrons. The van der Waals surface area contributed by atoms with Crippen molar-refractivity contribution in [1.82, 2.24) is 9.80 Å². The summed E-state index contributed by atoms with van der Waals surface area (Å²) in [4.78, 5) is 5.32. The van der Waals surface area contributed by atoms with Crippen LogP contribution in [-0.4, -0.2) is 99.9 Å². The van der Waals surface area contributed by atoms with Crippen molar-refractivity contribution in [3.8, 4) is 0 Å². The van der Waals surface area contributed by atoms with E-state index in [-0.39, 0.29) is 0 Å². The zero-order valence-corrected chi connectivity index (χ0v) is 16.3. The van der Waals surface area contributed by atoms with Gasteiger partial charge in [0.15, 0.2) is 0 Å². The first-order valence-electron chi connectivity index (χ1n) is 11.2.